The zero-order valence-corrected chi connectivity index (χ0v) is 12.1. The van der Waals surface area contributed by atoms with Crippen LogP contribution in [0, 0.1) is 5.92 Å². The Hall–Kier alpha value is -0.810. The van der Waals surface area contributed by atoms with E-state index in [1.54, 1.807) is 12.3 Å². The molecule has 0 bridgehead atoms. The molecule has 0 saturated carbocycles. The first-order valence-corrected chi connectivity index (χ1v) is 6.41. The van der Waals surface area contributed by atoms with Gasteiger partial charge in [-0.1, -0.05) is 25.4 Å². The summed E-state index contributed by atoms with van der Waals surface area (Å²) in [5.74, 6) is 0.704. The van der Waals surface area contributed by atoms with E-state index < -0.39 is 0 Å². The average Bonchev–Trinajstić information content (AvgIpc) is 2.14. The molecule has 1 amide bonds. The summed E-state index contributed by atoms with van der Waals surface area (Å²) < 4.78 is 0.756. The van der Waals surface area contributed by atoms with Crippen LogP contribution < -0.4 is 10.6 Å². The summed E-state index contributed by atoms with van der Waals surface area (Å²) in [6, 6.07) is 1.75. The minimum atomic E-state index is -0.380. The molecule has 0 aromatic carbocycles. The number of nitrogens with two attached hydrogens (primary N) is 1. The first-order valence-electron chi connectivity index (χ1n) is 5.24. The third kappa shape index (κ3) is 4.52. The molecule has 2 N–H and O–H groups in total. The molecular weight excluding hydrogens is 305 g/mol. The monoisotopic (exact) mass is 319 g/mol. The Balaban J connectivity index is 2.98. The van der Waals surface area contributed by atoms with E-state index in [1.807, 2.05) is 4.90 Å². The predicted octanol–water partition coefficient (Wildman–Crippen LogP) is 2.45. The standard InChI is InChI=1S/C11H15BrClN3O/c1-7(2)5-16(6-10(14)17)11-9(12)3-8(13)4-15-11/h3-4,7H,5-6H2,1-2H3,(H2,14,17). The smallest absolute Gasteiger partial charge is 0.236 e. The molecule has 94 valence electrons. The Labute approximate surface area is 114 Å². The van der Waals surface area contributed by atoms with Gasteiger partial charge in [-0.25, -0.2) is 4.98 Å². The van der Waals surface area contributed by atoms with Crippen LogP contribution in [0.5, 0.6) is 0 Å². The third-order valence-corrected chi connectivity index (χ3v) is 2.81. The Morgan fingerprint density at radius 1 is 1.65 bits per heavy atom. The molecule has 1 aromatic rings. The number of nitrogens with zero attached hydrogens (tertiary/aromatic N) is 2. The highest BCUT2D eigenvalue weighted by molar-refractivity contribution is 9.10. The van der Waals surface area contributed by atoms with Crippen LogP contribution in [-0.2, 0) is 4.79 Å². The van der Waals surface area contributed by atoms with Gasteiger partial charge in [-0.15, -0.1) is 0 Å². The molecule has 0 fully saturated rings. The number of amides is 1. The number of hydrogen-bond acceptors (Lipinski definition) is 3. The highest BCUT2D eigenvalue weighted by Crippen LogP contribution is 2.26. The first kappa shape index (κ1) is 14.3. The zero-order chi connectivity index (χ0) is 13.0. The van der Waals surface area contributed by atoms with Crippen molar-refractivity contribution in [1.82, 2.24) is 4.98 Å². The largest absolute Gasteiger partial charge is 0.368 e. The minimum Gasteiger partial charge on any atom is -0.368 e. The number of carbonyl (C=O) groups is 1. The Morgan fingerprint density at radius 3 is 2.76 bits per heavy atom. The second kappa shape index (κ2) is 6.21. The summed E-state index contributed by atoms with van der Waals surface area (Å²) in [6.45, 7) is 4.98. The van der Waals surface area contributed by atoms with Crippen LogP contribution in [0.4, 0.5) is 5.82 Å². The summed E-state index contributed by atoms with van der Waals surface area (Å²) in [5, 5.41) is 0.546. The quantitative estimate of drug-likeness (QED) is 0.906. The van der Waals surface area contributed by atoms with Gasteiger partial charge in [0.1, 0.15) is 5.82 Å². The molecule has 0 atom stereocenters. The number of pyridine rings is 1. The molecular formula is C11H15BrClN3O. The molecule has 0 aliphatic heterocycles. The lowest BCUT2D eigenvalue weighted by molar-refractivity contribution is -0.116. The summed E-state index contributed by atoms with van der Waals surface area (Å²) in [5.41, 5.74) is 5.24. The van der Waals surface area contributed by atoms with E-state index in [1.165, 1.54) is 0 Å². The number of halogens is 2. The van der Waals surface area contributed by atoms with E-state index in [-0.39, 0.29) is 12.5 Å². The van der Waals surface area contributed by atoms with E-state index in [9.17, 15) is 4.79 Å². The minimum absolute atomic E-state index is 0.144. The van der Waals surface area contributed by atoms with Crippen LogP contribution in [0.25, 0.3) is 0 Å². The van der Waals surface area contributed by atoms with Crippen LogP contribution in [0.15, 0.2) is 16.7 Å². The second-order valence-corrected chi connectivity index (χ2v) is 5.49. The lowest BCUT2D eigenvalue weighted by Gasteiger charge is -2.25. The summed E-state index contributed by atoms with van der Waals surface area (Å²) in [4.78, 5) is 17.1. The van der Waals surface area contributed by atoms with Gasteiger partial charge in [-0.05, 0) is 27.9 Å². The molecule has 0 unspecified atom stereocenters. The summed E-state index contributed by atoms with van der Waals surface area (Å²) in [6.07, 6.45) is 1.55. The molecule has 1 aromatic heterocycles. The summed E-state index contributed by atoms with van der Waals surface area (Å²) >= 11 is 9.22. The van der Waals surface area contributed by atoms with E-state index in [0.29, 0.717) is 23.3 Å². The van der Waals surface area contributed by atoms with Gasteiger partial charge >= 0.3 is 0 Å². The van der Waals surface area contributed by atoms with Gasteiger partial charge in [-0.3, -0.25) is 4.79 Å². The predicted molar refractivity (Wildman–Crippen MR) is 73.2 cm³/mol. The van der Waals surface area contributed by atoms with Crippen molar-refractivity contribution in [3.63, 3.8) is 0 Å². The van der Waals surface area contributed by atoms with Crippen LogP contribution in [0.3, 0.4) is 0 Å². The first-order chi connectivity index (χ1) is 7.90. The molecule has 0 spiro atoms. The molecule has 4 nitrogen and oxygen atoms in total. The molecule has 6 heteroatoms. The van der Waals surface area contributed by atoms with E-state index in [2.05, 4.69) is 34.8 Å². The Bertz CT molecular complexity index is 412. The van der Waals surface area contributed by atoms with E-state index in [0.717, 1.165) is 4.47 Å². The van der Waals surface area contributed by atoms with Crippen LogP contribution in [0.1, 0.15) is 13.8 Å². The highest BCUT2D eigenvalue weighted by atomic mass is 79.9. The number of rotatable bonds is 5. The number of aromatic nitrogens is 1. The van der Waals surface area contributed by atoms with Crippen LogP contribution in [-0.4, -0.2) is 24.0 Å². The molecule has 0 aliphatic carbocycles. The molecule has 0 saturated heterocycles. The van der Waals surface area contributed by atoms with Crippen LogP contribution >= 0.6 is 27.5 Å². The maximum absolute atomic E-state index is 11.1. The van der Waals surface area contributed by atoms with Crippen molar-refractivity contribution in [3.05, 3.63) is 21.8 Å². The fraction of sp³-hybridized carbons (Fsp3) is 0.455. The molecule has 1 heterocycles. The normalized spacial score (nSPS) is 10.6. The Kier molecular flexibility index (Phi) is 5.21. The van der Waals surface area contributed by atoms with E-state index >= 15 is 0 Å². The van der Waals surface area contributed by atoms with Crippen molar-refractivity contribution < 1.29 is 4.79 Å². The topological polar surface area (TPSA) is 59.2 Å². The Morgan fingerprint density at radius 2 is 2.29 bits per heavy atom. The number of anilines is 1. The highest BCUT2D eigenvalue weighted by Gasteiger charge is 2.15. The lowest BCUT2D eigenvalue weighted by Crippen LogP contribution is -2.37. The van der Waals surface area contributed by atoms with Gasteiger partial charge in [0, 0.05) is 12.7 Å². The summed E-state index contributed by atoms with van der Waals surface area (Å²) in [7, 11) is 0. The van der Waals surface area contributed by atoms with Crippen molar-refractivity contribution >= 4 is 39.3 Å². The fourth-order valence-corrected chi connectivity index (χ4v) is 2.38. The molecule has 0 aliphatic rings. The van der Waals surface area contributed by atoms with Crippen molar-refractivity contribution in [2.24, 2.45) is 11.7 Å². The van der Waals surface area contributed by atoms with Crippen molar-refractivity contribution in [1.29, 1.82) is 0 Å². The maximum atomic E-state index is 11.1. The van der Waals surface area contributed by atoms with Crippen LogP contribution in [0.2, 0.25) is 5.02 Å². The number of primary amides is 1. The van der Waals surface area contributed by atoms with Crippen molar-refractivity contribution in [2.45, 2.75) is 13.8 Å². The number of carbonyl (C=O) groups excluding carboxylic acids is 1. The lowest BCUT2D eigenvalue weighted by atomic mass is 10.2. The second-order valence-electron chi connectivity index (χ2n) is 4.20. The SMILES string of the molecule is CC(C)CN(CC(N)=O)c1ncc(Cl)cc1Br. The van der Waals surface area contributed by atoms with Gasteiger partial charge < -0.3 is 10.6 Å². The van der Waals surface area contributed by atoms with Gasteiger partial charge in [0.25, 0.3) is 0 Å². The van der Waals surface area contributed by atoms with Crippen molar-refractivity contribution in [3.8, 4) is 0 Å². The van der Waals surface area contributed by atoms with Gasteiger partial charge in [0.05, 0.1) is 16.0 Å². The fourth-order valence-electron chi connectivity index (χ4n) is 1.49. The van der Waals surface area contributed by atoms with E-state index in [4.69, 9.17) is 17.3 Å². The molecule has 0 radical (unpaired) electrons. The molecule has 1 rings (SSSR count). The maximum Gasteiger partial charge on any atom is 0.236 e. The number of hydrogen-bond donors (Lipinski definition) is 1. The van der Waals surface area contributed by atoms with Crippen molar-refractivity contribution in [2.75, 3.05) is 18.0 Å². The van der Waals surface area contributed by atoms with Gasteiger partial charge in [0.15, 0.2) is 0 Å². The van der Waals surface area contributed by atoms with Gasteiger partial charge in [-0.2, -0.15) is 0 Å². The zero-order valence-electron chi connectivity index (χ0n) is 9.78. The van der Waals surface area contributed by atoms with Gasteiger partial charge in [0.2, 0.25) is 5.91 Å². The average molecular weight is 321 g/mol. The third-order valence-electron chi connectivity index (χ3n) is 2.02. The molecule has 17 heavy (non-hydrogen) atoms.